The Hall–Kier alpha value is -6.01. The van der Waals surface area contributed by atoms with Crippen molar-refractivity contribution in [2.45, 2.75) is 0 Å². The summed E-state index contributed by atoms with van der Waals surface area (Å²) in [5.74, 6) is 0. The van der Waals surface area contributed by atoms with Gasteiger partial charge in [0.05, 0.1) is 33.6 Å². The zero-order chi connectivity index (χ0) is 28.3. The maximum atomic E-state index is 5.26. The van der Waals surface area contributed by atoms with E-state index in [1.807, 2.05) is 54.6 Å². The summed E-state index contributed by atoms with van der Waals surface area (Å²) in [7, 11) is 0. The first-order valence-electron chi connectivity index (χ1n) is 14.1. The van der Waals surface area contributed by atoms with Crippen molar-refractivity contribution >= 4 is 54.5 Å². The van der Waals surface area contributed by atoms with Crippen molar-refractivity contribution in [3.05, 3.63) is 127 Å². The topological polar surface area (TPSA) is 77.6 Å². The van der Waals surface area contributed by atoms with E-state index in [0.29, 0.717) is 11.0 Å². The molecule has 9 aromatic rings. The first kappa shape index (κ1) is 23.7. The van der Waals surface area contributed by atoms with E-state index in [1.54, 1.807) is 0 Å². The molecule has 0 atom stereocenters. The molecule has 0 unspecified atom stereocenters. The summed E-state index contributed by atoms with van der Waals surface area (Å²) in [6.07, 6.45) is 0. The van der Waals surface area contributed by atoms with E-state index in [9.17, 15) is 0 Å². The molecule has 0 saturated carbocycles. The van der Waals surface area contributed by atoms with Crippen molar-refractivity contribution in [3.63, 3.8) is 0 Å². The second kappa shape index (κ2) is 9.26. The SMILES string of the molecule is c1ccc(-c2ccc3ccc4ccc(-c5cccc6nc(-c7ccccc7)c7ccc8nonc8c7c56)nc4c3n2)cc1. The van der Waals surface area contributed by atoms with Gasteiger partial charge in [0, 0.05) is 43.6 Å². The standard InChI is InChI=1S/C37H21N5O/c1-3-8-22(9-4-1)28-19-16-24-14-15-25-17-20-29(39-36(25)35(24)38-28)26-12-7-13-30-32(26)33-27(18-21-31-37(33)42-43-41-31)34(40-30)23-10-5-2-6-11-23/h1-21H. The lowest BCUT2D eigenvalue weighted by atomic mass is 9.94. The van der Waals surface area contributed by atoms with Gasteiger partial charge in [0.2, 0.25) is 0 Å². The summed E-state index contributed by atoms with van der Waals surface area (Å²) in [5, 5.41) is 13.5. The zero-order valence-electron chi connectivity index (χ0n) is 22.8. The normalized spacial score (nSPS) is 11.7. The Balaban J connectivity index is 1.35. The van der Waals surface area contributed by atoms with Crippen LogP contribution in [-0.2, 0) is 0 Å². The molecule has 0 bridgehead atoms. The number of fused-ring (bicyclic) bond motifs is 8. The molecule has 9 rings (SSSR count). The van der Waals surface area contributed by atoms with Crippen LogP contribution in [0, 0.1) is 0 Å². The Morgan fingerprint density at radius 1 is 0.419 bits per heavy atom. The summed E-state index contributed by atoms with van der Waals surface area (Å²) in [6.45, 7) is 0. The van der Waals surface area contributed by atoms with E-state index in [0.717, 1.165) is 77.3 Å². The minimum Gasteiger partial charge on any atom is -0.247 e. The number of hydrogen-bond acceptors (Lipinski definition) is 6. The summed E-state index contributed by atoms with van der Waals surface area (Å²) >= 11 is 0. The van der Waals surface area contributed by atoms with E-state index in [1.165, 1.54) is 0 Å². The van der Waals surface area contributed by atoms with Gasteiger partial charge in [-0.15, -0.1) is 0 Å². The highest BCUT2D eigenvalue weighted by Crippen LogP contribution is 2.40. The van der Waals surface area contributed by atoms with Gasteiger partial charge in [0.25, 0.3) is 0 Å². The van der Waals surface area contributed by atoms with Crippen LogP contribution >= 0.6 is 0 Å². The molecule has 0 N–H and O–H groups in total. The third kappa shape index (κ3) is 3.70. The summed E-state index contributed by atoms with van der Waals surface area (Å²) in [4.78, 5) is 15.5. The van der Waals surface area contributed by atoms with Crippen molar-refractivity contribution < 1.29 is 4.63 Å². The Labute approximate surface area is 245 Å². The number of nitrogens with zero attached hydrogens (tertiary/aromatic N) is 5. The molecule has 6 nitrogen and oxygen atoms in total. The highest BCUT2D eigenvalue weighted by molar-refractivity contribution is 6.24. The fourth-order valence-electron chi connectivity index (χ4n) is 6.10. The lowest BCUT2D eigenvalue weighted by Crippen LogP contribution is -1.95. The molecule has 0 fully saturated rings. The first-order chi connectivity index (χ1) is 21.3. The minimum atomic E-state index is 0.698. The van der Waals surface area contributed by atoms with Crippen molar-refractivity contribution in [2.24, 2.45) is 0 Å². The van der Waals surface area contributed by atoms with Crippen molar-refractivity contribution in [1.82, 2.24) is 25.3 Å². The van der Waals surface area contributed by atoms with Gasteiger partial charge in [-0.2, -0.15) is 0 Å². The molecule has 43 heavy (non-hydrogen) atoms. The van der Waals surface area contributed by atoms with Gasteiger partial charge in [-0.05, 0) is 40.6 Å². The third-order valence-corrected chi connectivity index (χ3v) is 8.12. The van der Waals surface area contributed by atoms with Crippen LogP contribution in [0.4, 0.5) is 0 Å². The molecule has 200 valence electrons. The van der Waals surface area contributed by atoms with Gasteiger partial charge in [-0.1, -0.05) is 97.1 Å². The number of hydrogen-bond donors (Lipinski definition) is 0. The Morgan fingerprint density at radius 2 is 1.09 bits per heavy atom. The van der Waals surface area contributed by atoms with Crippen molar-refractivity contribution in [1.29, 1.82) is 0 Å². The molecule has 6 heteroatoms. The molecule has 0 amide bonds. The van der Waals surface area contributed by atoms with Crippen LogP contribution in [0.3, 0.4) is 0 Å². The van der Waals surface area contributed by atoms with E-state index >= 15 is 0 Å². The molecule has 0 spiro atoms. The predicted molar refractivity (Wildman–Crippen MR) is 172 cm³/mol. The average Bonchev–Trinajstić information content (AvgIpc) is 3.57. The monoisotopic (exact) mass is 551 g/mol. The van der Waals surface area contributed by atoms with Gasteiger partial charge < -0.3 is 0 Å². The Kier molecular flexibility index (Phi) is 5.10. The predicted octanol–water partition coefficient (Wildman–Crippen LogP) is 9.02. The summed E-state index contributed by atoms with van der Waals surface area (Å²) < 4.78 is 5.22. The number of rotatable bonds is 3. The summed E-state index contributed by atoms with van der Waals surface area (Å²) in [5.41, 5.74) is 9.69. The highest BCUT2D eigenvalue weighted by atomic mass is 16.6. The average molecular weight is 552 g/mol. The third-order valence-electron chi connectivity index (χ3n) is 8.12. The van der Waals surface area contributed by atoms with Gasteiger partial charge >= 0.3 is 0 Å². The Morgan fingerprint density at radius 3 is 1.86 bits per heavy atom. The van der Waals surface area contributed by atoms with Gasteiger partial charge in [0.15, 0.2) is 0 Å². The first-order valence-corrected chi connectivity index (χ1v) is 14.1. The quantitative estimate of drug-likeness (QED) is 0.204. The molecule has 0 radical (unpaired) electrons. The zero-order valence-corrected chi connectivity index (χ0v) is 22.8. The second-order valence-electron chi connectivity index (χ2n) is 10.6. The maximum absolute atomic E-state index is 5.26. The maximum Gasteiger partial charge on any atom is 0.143 e. The van der Waals surface area contributed by atoms with Gasteiger partial charge in [0.1, 0.15) is 11.0 Å². The van der Waals surface area contributed by atoms with Crippen molar-refractivity contribution in [3.8, 4) is 33.8 Å². The van der Waals surface area contributed by atoms with E-state index < -0.39 is 0 Å². The molecule has 4 heterocycles. The number of benzene rings is 5. The molecular weight excluding hydrogens is 530 g/mol. The molecule has 4 aromatic heterocycles. The van der Waals surface area contributed by atoms with E-state index in [4.69, 9.17) is 19.6 Å². The second-order valence-corrected chi connectivity index (χ2v) is 10.6. The molecule has 0 aliphatic heterocycles. The smallest absolute Gasteiger partial charge is 0.143 e. The molecular formula is C37H21N5O. The van der Waals surface area contributed by atoms with Crippen LogP contribution in [0.15, 0.2) is 132 Å². The largest absolute Gasteiger partial charge is 0.247 e. The Bertz CT molecular complexity index is 2510. The highest BCUT2D eigenvalue weighted by Gasteiger charge is 2.19. The van der Waals surface area contributed by atoms with Crippen molar-refractivity contribution in [2.75, 3.05) is 0 Å². The lowest BCUT2D eigenvalue weighted by Gasteiger charge is -2.14. The lowest BCUT2D eigenvalue weighted by molar-refractivity contribution is 0.316. The number of aromatic nitrogens is 5. The van der Waals surface area contributed by atoms with Crippen LogP contribution in [-0.4, -0.2) is 25.3 Å². The van der Waals surface area contributed by atoms with E-state index in [2.05, 4.69) is 83.1 Å². The van der Waals surface area contributed by atoms with E-state index in [-0.39, 0.29) is 0 Å². The molecule has 0 aliphatic carbocycles. The van der Waals surface area contributed by atoms with Crippen LogP contribution in [0.5, 0.6) is 0 Å². The van der Waals surface area contributed by atoms with Crippen LogP contribution in [0.1, 0.15) is 0 Å². The summed E-state index contributed by atoms with van der Waals surface area (Å²) in [6, 6.07) is 43.2. The molecule has 0 aliphatic rings. The van der Waals surface area contributed by atoms with Gasteiger partial charge in [-0.3, -0.25) is 0 Å². The van der Waals surface area contributed by atoms with Crippen LogP contribution < -0.4 is 0 Å². The molecule has 0 saturated heterocycles. The van der Waals surface area contributed by atoms with Crippen LogP contribution in [0.2, 0.25) is 0 Å². The fraction of sp³-hybridized carbons (Fsp3) is 0. The number of pyridine rings is 3. The minimum absolute atomic E-state index is 0.698. The molecule has 5 aromatic carbocycles. The van der Waals surface area contributed by atoms with Gasteiger partial charge in [-0.25, -0.2) is 19.6 Å². The van der Waals surface area contributed by atoms with Crippen LogP contribution in [0.25, 0.3) is 88.3 Å². The fourth-order valence-corrected chi connectivity index (χ4v) is 6.10.